The molecule has 0 aliphatic carbocycles. The number of benzene rings is 2. The van der Waals surface area contributed by atoms with Gasteiger partial charge in [0.05, 0.1) is 18.6 Å². The zero-order valence-electron chi connectivity index (χ0n) is 18.8. The van der Waals surface area contributed by atoms with Crippen LogP contribution in [0.15, 0.2) is 36.4 Å². The minimum Gasteiger partial charge on any atom is -0.543 e. The highest BCUT2D eigenvalue weighted by atomic mass is 28.4. The van der Waals surface area contributed by atoms with Crippen molar-refractivity contribution < 1.29 is 13.6 Å². The molecule has 0 aliphatic rings. The number of ether oxygens (including phenoxy) is 1. The molecule has 0 unspecified atom stereocenters. The van der Waals surface area contributed by atoms with E-state index in [4.69, 9.17) is 9.16 Å². The molecule has 2 aromatic rings. The van der Waals surface area contributed by atoms with Gasteiger partial charge in [-0.05, 0) is 79.9 Å². The summed E-state index contributed by atoms with van der Waals surface area (Å²) in [5.74, 6) is 1.04. The molecule has 0 radical (unpaired) electrons. The first kappa shape index (κ1) is 23.0. The predicted molar refractivity (Wildman–Crippen MR) is 119 cm³/mol. The summed E-state index contributed by atoms with van der Waals surface area (Å²) in [7, 11) is -0.455. The first-order valence-electron chi connectivity index (χ1n) is 9.87. The van der Waals surface area contributed by atoms with Gasteiger partial charge >= 0.3 is 0 Å². The number of halogens is 1. The van der Waals surface area contributed by atoms with Crippen LogP contribution in [0.25, 0.3) is 11.1 Å². The fraction of sp³-hybridized carbons (Fsp3) is 0.458. The summed E-state index contributed by atoms with van der Waals surface area (Å²) in [6.07, 6.45) is 0.490. The van der Waals surface area contributed by atoms with Crippen LogP contribution in [0.2, 0.25) is 18.1 Å². The third kappa shape index (κ3) is 5.39. The Morgan fingerprint density at radius 2 is 1.59 bits per heavy atom. The molecule has 0 fully saturated rings. The van der Waals surface area contributed by atoms with Crippen molar-refractivity contribution >= 4 is 8.32 Å². The molecule has 156 valence electrons. The Morgan fingerprint density at radius 3 is 2.14 bits per heavy atom. The molecule has 2 aromatic carbocycles. The van der Waals surface area contributed by atoms with Crippen LogP contribution in [-0.4, -0.2) is 15.4 Å². The lowest BCUT2D eigenvalue weighted by Gasteiger charge is -2.36. The third-order valence-corrected chi connectivity index (χ3v) is 10.0. The average molecular weight is 414 g/mol. The van der Waals surface area contributed by atoms with Crippen molar-refractivity contribution in [1.82, 2.24) is 0 Å². The second kappa shape index (κ2) is 8.20. The molecule has 5 heteroatoms. The molecule has 0 N–H and O–H groups in total. The number of nitrogens with zero attached hydrogens (tertiary/aromatic N) is 1. The van der Waals surface area contributed by atoms with Crippen LogP contribution in [-0.2, 0) is 6.42 Å². The highest BCUT2D eigenvalue weighted by Crippen LogP contribution is 2.40. The summed E-state index contributed by atoms with van der Waals surface area (Å²) >= 11 is 0. The van der Waals surface area contributed by atoms with E-state index in [1.165, 1.54) is 6.07 Å². The molecule has 0 saturated heterocycles. The predicted octanol–water partition coefficient (Wildman–Crippen LogP) is 6.98. The monoisotopic (exact) mass is 413 g/mol. The maximum atomic E-state index is 14.7. The fourth-order valence-corrected chi connectivity index (χ4v) is 3.87. The smallest absolute Gasteiger partial charge is 0.250 e. The van der Waals surface area contributed by atoms with Gasteiger partial charge in [0.2, 0.25) is 8.32 Å². The summed E-state index contributed by atoms with van der Waals surface area (Å²) in [6, 6.07) is 12.8. The Hall–Kier alpha value is -2.32. The van der Waals surface area contributed by atoms with Crippen LogP contribution in [0, 0.1) is 22.6 Å². The van der Waals surface area contributed by atoms with Crippen LogP contribution >= 0.6 is 0 Å². The van der Waals surface area contributed by atoms with E-state index in [0.717, 1.165) is 16.9 Å². The summed E-state index contributed by atoms with van der Waals surface area (Å²) < 4.78 is 26.4. The van der Waals surface area contributed by atoms with E-state index in [1.54, 1.807) is 19.2 Å². The van der Waals surface area contributed by atoms with Gasteiger partial charge in [0.25, 0.3) is 0 Å². The molecule has 0 heterocycles. The molecule has 29 heavy (non-hydrogen) atoms. The summed E-state index contributed by atoms with van der Waals surface area (Å²) in [5.41, 5.74) is 1.53. The minimum absolute atomic E-state index is 0.0661. The number of rotatable bonds is 6. The van der Waals surface area contributed by atoms with Crippen molar-refractivity contribution in [2.45, 2.75) is 59.2 Å². The topological polar surface area (TPSA) is 42.2 Å². The molecular formula is C24H32FNO2Si. The Morgan fingerprint density at radius 1 is 0.966 bits per heavy atom. The van der Waals surface area contributed by atoms with Crippen molar-refractivity contribution in [3.63, 3.8) is 0 Å². The van der Waals surface area contributed by atoms with Crippen molar-refractivity contribution in [2.24, 2.45) is 5.41 Å². The van der Waals surface area contributed by atoms with Gasteiger partial charge in [-0.3, -0.25) is 0 Å². The standard InChI is InChI=1S/C24H32FNO2Si/c1-23(2,3)29(7,8)28-19-9-11-20(17(13-19)15-24(4,5)16-26)21-14-18(27-6)10-12-22(21)25/h9-14H,15H2,1-8H3. The van der Waals surface area contributed by atoms with Crippen molar-refractivity contribution in [2.75, 3.05) is 7.11 Å². The molecule has 0 atom stereocenters. The maximum Gasteiger partial charge on any atom is 0.250 e. The second-order valence-corrected chi connectivity index (χ2v) is 14.4. The molecule has 0 saturated carbocycles. The van der Waals surface area contributed by atoms with E-state index in [9.17, 15) is 9.65 Å². The lowest BCUT2D eigenvalue weighted by atomic mass is 9.84. The van der Waals surface area contributed by atoms with Crippen LogP contribution in [0.5, 0.6) is 11.5 Å². The Kier molecular flexibility index (Phi) is 6.49. The number of nitriles is 1. The number of methoxy groups -OCH3 is 1. The molecule has 3 nitrogen and oxygen atoms in total. The molecule has 0 aliphatic heterocycles. The summed E-state index contributed by atoms with van der Waals surface area (Å²) in [4.78, 5) is 0. The van der Waals surface area contributed by atoms with Gasteiger partial charge < -0.3 is 9.16 Å². The lowest BCUT2D eigenvalue weighted by molar-refractivity contribution is 0.414. The second-order valence-electron chi connectivity index (χ2n) is 9.70. The molecule has 0 aromatic heterocycles. The van der Waals surface area contributed by atoms with E-state index in [2.05, 4.69) is 39.9 Å². The quantitative estimate of drug-likeness (QED) is 0.480. The van der Waals surface area contributed by atoms with Gasteiger partial charge in [-0.1, -0.05) is 26.8 Å². The van der Waals surface area contributed by atoms with Crippen LogP contribution in [0.4, 0.5) is 4.39 Å². The van der Waals surface area contributed by atoms with E-state index >= 15 is 0 Å². The van der Waals surface area contributed by atoms with Gasteiger partial charge in [-0.25, -0.2) is 4.39 Å². The average Bonchev–Trinajstić information content (AvgIpc) is 2.61. The lowest BCUT2D eigenvalue weighted by Crippen LogP contribution is -2.43. The van der Waals surface area contributed by atoms with E-state index in [-0.39, 0.29) is 10.9 Å². The molecular weight excluding hydrogens is 381 g/mol. The summed E-state index contributed by atoms with van der Waals surface area (Å²) in [6.45, 7) is 14.7. The van der Waals surface area contributed by atoms with Crippen molar-refractivity contribution in [1.29, 1.82) is 5.26 Å². The van der Waals surface area contributed by atoms with Gasteiger partial charge in [-0.15, -0.1) is 0 Å². The van der Waals surface area contributed by atoms with Crippen LogP contribution in [0.1, 0.15) is 40.2 Å². The Balaban J connectivity index is 2.59. The highest BCUT2D eigenvalue weighted by molar-refractivity contribution is 6.74. The van der Waals surface area contributed by atoms with Crippen molar-refractivity contribution in [3.8, 4) is 28.7 Å². The Labute approximate surface area is 175 Å². The minimum atomic E-state index is -2.02. The summed E-state index contributed by atoms with van der Waals surface area (Å²) in [5, 5.41) is 9.61. The largest absolute Gasteiger partial charge is 0.543 e. The fourth-order valence-electron chi connectivity index (χ4n) is 2.84. The maximum absolute atomic E-state index is 14.7. The molecule has 0 spiro atoms. The van der Waals surface area contributed by atoms with Gasteiger partial charge in [0, 0.05) is 5.56 Å². The van der Waals surface area contributed by atoms with Gasteiger partial charge in [0.1, 0.15) is 17.3 Å². The van der Waals surface area contributed by atoms with Gasteiger partial charge in [-0.2, -0.15) is 5.26 Å². The molecule has 0 bridgehead atoms. The highest BCUT2D eigenvalue weighted by Gasteiger charge is 2.39. The zero-order chi connectivity index (χ0) is 22.0. The van der Waals surface area contributed by atoms with E-state index in [0.29, 0.717) is 17.7 Å². The van der Waals surface area contributed by atoms with E-state index < -0.39 is 13.7 Å². The first-order valence-corrected chi connectivity index (χ1v) is 12.8. The third-order valence-electron chi connectivity index (χ3n) is 5.65. The Bertz CT molecular complexity index is 923. The normalized spacial score (nSPS) is 12.4. The van der Waals surface area contributed by atoms with Crippen LogP contribution < -0.4 is 9.16 Å². The van der Waals surface area contributed by atoms with Crippen LogP contribution in [0.3, 0.4) is 0 Å². The molecule has 2 rings (SSSR count). The van der Waals surface area contributed by atoms with Crippen molar-refractivity contribution in [3.05, 3.63) is 47.8 Å². The molecule has 0 amide bonds. The van der Waals surface area contributed by atoms with E-state index in [1.807, 2.05) is 32.0 Å². The number of hydrogen-bond acceptors (Lipinski definition) is 3. The van der Waals surface area contributed by atoms with Gasteiger partial charge in [0.15, 0.2) is 0 Å². The number of hydrogen-bond donors (Lipinski definition) is 0. The first-order chi connectivity index (χ1) is 13.3. The SMILES string of the molecule is COc1ccc(F)c(-c2ccc(O[Si](C)(C)C(C)(C)C)cc2CC(C)(C)C#N)c1. The zero-order valence-corrected chi connectivity index (χ0v) is 19.8.